The highest BCUT2D eigenvalue weighted by Gasteiger charge is 2.21. The van der Waals surface area contributed by atoms with Gasteiger partial charge in [-0.2, -0.15) is 11.3 Å². The number of ether oxygens (including phenoxy) is 2. The van der Waals surface area contributed by atoms with Crippen LogP contribution in [0.4, 0.5) is 0 Å². The predicted octanol–water partition coefficient (Wildman–Crippen LogP) is 5.09. The predicted molar refractivity (Wildman–Crippen MR) is 117 cm³/mol. The average Bonchev–Trinajstić information content (AvgIpc) is 3.33. The highest BCUT2D eigenvalue weighted by Crippen LogP contribution is 2.34. The van der Waals surface area contributed by atoms with Crippen LogP contribution in [-0.4, -0.2) is 24.1 Å². The summed E-state index contributed by atoms with van der Waals surface area (Å²) in [7, 11) is 0. The molecule has 0 radical (unpaired) electrons. The number of thiazole rings is 1. The van der Waals surface area contributed by atoms with Crippen molar-refractivity contribution < 1.29 is 14.3 Å². The molecule has 1 aromatic carbocycles. The van der Waals surface area contributed by atoms with Crippen molar-refractivity contribution in [3.8, 4) is 22.1 Å². The van der Waals surface area contributed by atoms with Crippen molar-refractivity contribution in [3.63, 3.8) is 0 Å². The quantitative estimate of drug-likeness (QED) is 0.594. The first-order valence-electron chi connectivity index (χ1n) is 9.76. The Morgan fingerprint density at radius 3 is 2.76 bits per heavy atom. The molecule has 0 saturated heterocycles. The summed E-state index contributed by atoms with van der Waals surface area (Å²) in [6.07, 6.45) is 1.14. The van der Waals surface area contributed by atoms with Crippen molar-refractivity contribution in [2.45, 2.75) is 32.7 Å². The maximum Gasteiger partial charge on any atom is 0.226 e. The van der Waals surface area contributed by atoms with E-state index in [1.54, 1.807) is 22.7 Å². The number of carbonyl (C=O) groups excluding carboxylic acids is 1. The lowest BCUT2D eigenvalue weighted by Gasteiger charge is -2.23. The molecule has 1 unspecified atom stereocenters. The van der Waals surface area contributed by atoms with Crippen LogP contribution in [0.2, 0.25) is 0 Å². The highest BCUT2D eigenvalue weighted by molar-refractivity contribution is 7.14. The number of hydrogen-bond acceptors (Lipinski definition) is 6. The molecule has 29 heavy (non-hydrogen) atoms. The second kappa shape index (κ2) is 8.97. The smallest absolute Gasteiger partial charge is 0.226 e. The molecule has 0 spiro atoms. The fraction of sp³-hybridized carbons (Fsp3) is 0.364. The Labute approximate surface area is 178 Å². The van der Waals surface area contributed by atoms with Crippen LogP contribution in [-0.2, 0) is 11.2 Å². The number of carbonyl (C=O) groups is 1. The summed E-state index contributed by atoms with van der Waals surface area (Å²) in [6, 6.07) is 7.88. The lowest BCUT2D eigenvalue weighted by molar-refractivity contribution is -0.121. The van der Waals surface area contributed by atoms with E-state index in [0.29, 0.717) is 13.2 Å². The van der Waals surface area contributed by atoms with Crippen LogP contribution in [0.25, 0.3) is 10.6 Å². The van der Waals surface area contributed by atoms with E-state index in [0.717, 1.165) is 39.7 Å². The summed E-state index contributed by atoms with van der Waals surface area (Å²) in [5, 5.41) is 10.2. The number of rotatable bonds is 6. The number of hydrogen-bond donors (Lipinski definition) is 1. The lowest BCUT2D eigenvalue weighted by Crippen LogP contribution is -2.33. The maximum absolute atomic E-state index is 12.7. The van der Waals surface area contributed by atoms with Crippen LogP contribution in [0.5, 0.6) is 11.5 Å². The molecule has 3 aromatic rings. The van der Waals surface area contributed by atoms with Gasteiger partial charge in [-0.3, -0.25) is 4.79 Å². The first kappa shape index (κ1) is 19.9. The Hall–Kier alpha value is -2.38. The van der Waals surface area contributed by atoms with Gasteiger partial charge in [0.25, 0.3) is 0 Å². The van der Waals surface area contributed by atoms with Gasteiger partial charge in [-0.15, -0.1) is 11.3 Å². The minimum atomic E-state index is -0.102. The minimum absolute atomic E-state index is 0.0296. The molecule has 4 rings (SSSR count). The molecule has 152 valence electrons. The van der Waals surface area contributed by atoms with E-state index in [1.165, 1.54) is 0 Å². The Bertz CT molecular complexity index is 966. The van der Waals surface area contributed by atoms with Gasteiger partial charge >= 0.3 is 0 Å². The summed E-state index contributed by atoms with van der Waals surface area (Å²) in [6.45, 7) is 5.51. The van der Waals surface area contributed by atoms with Crippen LogP contribution < -0.4 is 14.8 Å². The molecule has 0 fully saturated rings. The van der Waals surface area contributed by atoms with Gasteiger partial charge in [0.15, 0.2) is 11.5 Å². The van der Waals surface area contributed by atoms with Gasteiger partial charge in [-0.05, 0) is 35.1 Å². The number of nitrogens with zero attached hydrogens (tertiary/aromatic N) is 1. The van der Waals surface area contributed by atoms with E-state index < -0.39 is 0 Å². The molecule has 1 atom stereocenters. The SMILES string of the molecule is CC(C)C(NC(=O)Cc1csc(-c2ccsc2)n1)c1ccc2c(c1)OCCCO2. The third-order valence-electron chi connectivity index (χ3n) is 4.78. The molecule has 1 amide bonds. The molecule has 1 aliphatic rings. The number of benzene rings is 1. The van der Waals surface area contributed by atoms with E-state index in [-0.39, 0.29) is 24.3 Å². The van der Waals surface area contributed by atoms with E-state index in [2.05, 4.69) is 29.5 Å². The van der Waals surface area contributed by atoms with Gasteiger partial charge in [-0.1, -0.05) is 19.9 Å². The van der Waals surface area contributed by atoms with Gasteiger partial charge < -0.3 is 14.8 Å². The number of nitrogens with one attached hydrogen (secondary N) is 1. The van der Waals surface area contributed by atoms with Crippen molar-refractivity contribution in [3.05, 3.63) is 51.7 Å². The fourth-order valence-electron chi connectivity index (χ4n) is 3.30. The third-order valence-corrected chi connectivity index (χ3v) is 6.40. The van der Waals surface area contributed by atoms with E-state index >= 15 is 0 Å². The largest absolute Gasteiger partial charge is 0.490 e. The lowest BCUT2D eigenvalue weighted by atomic mass is 9.95. The van der Waals surface area contributed by atoms with Crippen molar-refractivity contribution >= 4 is 28.6 Å². The van der Waals surface area contributed by atoms with Crippen LogP contribution in [0.15, 0.2) is 40.4 Å². The number of thiophene rings is 1. The second-order valence-corrected chi connectivity index (χ2v) is 9.02. The van der Waals surface area contributed by atoms with Crippen LogP contribution in [0.1, 0.15) is 37.6 Å². The van der Waals surface area contributed by atoms with Crippen LogP contribution in [0.3, 0.4) is 0 Å². The molecule has 5 nitrogen and oxygen atoms in total. The van der Waals surface area contributed by atoms with E-state index in [9.17, 15) is 4.79 Å². The zero-order chi connectivity index (χ0) is 20.2. The van der Waals surface area contributed by atoms with Gasteiger partial charge in [0.1, 0.15) is 5.01 Å². The van der Waals surface area contributed by atoms with Gasteiger partial charge in [0.05, 0.1) is 31.4 Å². The summed E-state index contributed by atoms with van der Waals surface area (Å²) in [4.78, 5) is 17.4. The van der Waals surface area contributed by atoms with Crippen LogP contribution in [0, 0.1) is 5.92 Å². The normalized spacial score (nSPS) is 14.4. The summed E-state index contributed by atoms with van der Waals surface area (Å²) in [5.41, 5.74) is 2.93. The molecule has 0 saturated carbocycles. The fourth-order valence-corrected chi connectivity index (χ4v) is 4.84. The minimum Gasteiger partial charge on any atom is -0.490 e. The number of aromatic nitrogens is 1. The van der Waals surface area contributed by atoms with E-state index in [4.69, 9.17) is 9.47 Å². The van der Waals surface area contributed by atoms with Crippen molar-refractivity contribution in [2.75, 3.05) is 13.2 Å². The summed E-state index contributed by atoms with van der Waals surface area (Å²) in [5.74, 6) is 1.72. The Morgan fingerprint density at radius 2 is 2.00 bits per heavy atom. The monoisotopic (exact) mass is 428 g/mol. The molecule has 1 aliphatic heterocycles. The zero-order valence-electron chi connectivity index (χ0n) is 16.5. The molecule has 3 heterocycles. The third kappa shape index (κ3) is 4.79. The molecular formula is C22H24N2O3S2. The average molecular weight is 429 g/mol. The summed E-state index contributed by atoms with van der Waals surface area (Å²) >= 11 is 3.22. The molecule has 1 N–H and O–H groups in total. The molecule has 0 bridgehead atoms. The Balaban J connectivity index is 1.46. The Kier molecular flexibility index (Phi) is 6.16. The van der Waals surface area contributed by atoms with Crippen molar-refractivity contribution in [2.24, 2.45) is 5.92 Å². The molecule has 2 aromatic heterocycles. The topological polar surface area (TPSA) is 60.5 Å². The van der Waals surface area contributed by atoms with Gasteiger partial charge in [0.2, 0.25) is 5.91 Å². The highest BCUT2D eigenvalue weighted by atomic mass is 32.1. The zero-order valence-corrected chi connectivity index (χ0v) is 18.1. The van der Waals surface area contributed by atoms with Gasteiger partial charge in [-0.25, -0.2) is 4.98 Å². The first-order chi connectivity index (χ1) is 14.1. The molecule has 0 aliphatic carbocycles. The first-order valence-corrected chi connectivity index (χ1v) is 11.6. The second-order valence-electron chi connectivity index (χ2n) is 7.38. The van der Waals surface area contributed by atoms with Crippen molar-refractivity contribution in [1.82, 2.24) is 10.3 Å². The Morgan fingerprint density at radius 1 is 1.17 bits per heavy atom. The number of amides is 1. The summed E-state index contributed by atoms with van der Waals surface area (Å²) < 4.78 is 11.5. The van der Waals surface area contributed by atoms with E-state index in [1.807, 2.05) is 35.0 Å². The molecule has 7 heteroatoms. The van der Waals surface area contributed by atoms with Crippen molar-refractivity contribution in [1.29, 1.82) is 0 Å². The van der Waals surface area contributed by atoms with Crippen LogP contribution >= 0.6 is 22.7 Å². The standard InChI is InChI=1S/C22H24N2O3S2/c1-14(2)21(15-4-5-18-19(10-15)27-8-3-7-26-18)24-20(25)11-17-13-29-22(23-17)16-6-9-28-12-16/h4-6,9-10,12-14,21H,3,7-8,11H2,1-2H3,(H,24,25). The maximum atomic E-state index is 12.7. The number of fused-ring (bicyclic) bond motifs is 1. The molecular weight excluding hydrogens is 404 g/mol. The van der Waals surface area contributed by atoms with Gasteiger partial charge in [0, 0.05) is 22.7 Å².